The van der Waals surface area contributed by atoms with E-state index in [0.29, 0.717) is 47.9 Å². The van der Waals surface area contributed by atoms with Gasteiger partial charge < -0.3 is 5.73 Å². The largest absolute Gasteiger partial charge is 0.397 e. The number of carbonyl (C=O) groups is 1. The SMILES string of the molecule is Cc1nc2sc(C(=O)c3cccc(F)c3)c(N)c2c(C)c1N=Nc1cc(Cl)cc(Cl)c1. The Morgan fingerprint density at radius 3 is 2.48 bits per heavy atom. The van der Waals surface area contributed by atoms with Crippen LogP contribution in [0.2, 0.25) is 10.0 Å². The molecule has 0 amide bonds. The van der Waals surface area contributed by atoms with Crippen LogP contribution in [-0.2, 0) is 0 Å². The summed E-state index contributed by atoms with van der Waals surface area (Å²) < 4.78 is 13.6. The number of nitrogen functional groups attached to an aromatic ring is 1. The van der Waals surface area contributed by atoms with Gasteiger partial charge in [0.25, 0.3) is 0 Å². The third-order valence-corrected chi connectivity index (χ3v) is 6.21. The summed E-state index contributed by atoms with van der Waals surface area (Å²) in [5.74, 6) is -0.840. The lowest BCUT2D eigenvalue weighted by Gasteiger charge is -2.06. The Labute approximate surface area is 191 Å². The van der Waals surface area contributed by atoms with Crippen molar-refractivity contribution in [2.75, 3.05) is 5.73 Å². The molecule has 2 heterocycles. The van der Waals surface area contributed by atoms with Crippen LogP contribution >= 0.6 is 34.5 Å². The molecule has 4 rings (SSSR count). The van der Waals surface area contributed by atoms with Crippen molar-refractivity contribution in [3.63, 3.8) is 0 Å². The lowest BCUT2D eigenvalue weighted by atomic mass is 10.1. The van der Waals surface area contributed by atoms with Crippen molar-refractivity contribution in [1.82, 2.24) is 4.98 Å². The Hall–Kier alpha value is -2.87. The minimum atomic E-state index is -0.487. The van der Waals surface area contributed by atoms with Crippen LogP contribution < -0.4 is 5.73 Å². The van der Waals surface area contributed by atoms with Crippen LogP contribution in [0.5, 0.6) is 0 Å². The van der Waals surface area contributed by atoms with Crippen molar-refractivity contribution in [3.05, 3.63) is 80.0 Å². The number of pyridine rings is 1. The second-order valence-corrected chi connectivity index (χ2v) is 8.73. The molecule has 2 N–H and O–H groups in total. The molecule has 0 bridgehead atoms. The molecule has 4 aromatic rings. The van der Waals surface area contributed by atoms with E-state index < -0.39 is 5.82 Å². The maximum absolute atomic E-state index is 13.6. The van der Waals surface area contributed by atoms with Crippen molar-refractivity contribution >= 4 is 67.6 Å². The molecule has 0 radical (unpaired) electrons. The van der Waals surface area contributed by atoms with Gasteiger partial charge in [-0.25, -0.2) is 9.37 Å². The summed E-state index contributed by atoms with van der Waals surface area (Å²) in [6.45, 7) is 3.64. The van der Waals surface area contributed by atoms with Crippen molar-refractivity contribution in [3.8, 4) is 0 Å². The first-order valence-corrected chi connectivity index (χ1v) is 10.7. The van der Waals surface area contributed by atoms with Crippen LogP contribution in [0.15, 0.2) is 52.7 Å². The number of ketones is 1. The second-order valence-electron chi connectivity index (χ2n) is 6.86. The molecule has 0 aliphatic rings. The predicted octanol–water partition coefficient (Wildman–Crippen LogP) is 7.59. The van der Waals surface area contributed by atoms with Gasteiger partial charge >= 0.3 is 0 Å². The molecule has 5 nitrogen and oxygen atoms in total. The normalized spacial score (nSPS) is 11.5. The molecule has 2 aromatic heterocycles. The standard InChI is InChI=1S/C22H15Cl2FN4OS/c1-10-17-18(26)21(20(30)12-4-3-5-15(25)6-12)31-22(17)27-11(2)19(10)29-28-16-8-13(23)7-14(24)9-16/h3-9H,26H2,1-2H3. The minimum absolute atomic E-state index is 0.227. The molecular weight excluding hydrogens is 458 g/mol. The fourth-order valence-corrected chi connectivity index (χ4v) is 4.93. The summed E-state index contributed by atoms with van der Waals surface area (Å²) in [6.07, 6.45) is 0. The number of thiophene rings is 1. The van der Waals surface area contributed by atoms with Gasteiger partial charge in [0.2, 0.25) is 5.78 Å². The van der Waals surface area contributed by atoms with E-state index in [9.17, 15) is 9.18 Å². The molecule has 156 valence electrons. The van der Waals surface area contributed by atoms with Crippen LogP contribution in [-0.4, -0.2) is 10.8 Å². The number of hydrogen-bond donors (Lipinski definition) is 1. The summed E-state index contributed by atoms with van der Waals surface area (Å²) in [5.41, 5.74) is 9.26. The third-order valence-electron chi connectivity index (χ3n) is 4.67. The average Bonchev–Trinajstić information content (AvgIpc) is 3.02. The van der Waals surface area contributed by atoms with Gasteiger partial charge in [-0.3, -0.25) is 4.79 Å². The number of benzene rings is 2. The topological polar surface area (TPSA) is 80.7 Å². The van der Waals surface area contributed by atoms with Gasteiger partial charge in [0, 0.05) is 21.0 Å². The molecule has 31 heavy (non-hydrogen) atoms. The zero-order valence-corrected chi connectivity index (χ0v) is 18.7. The number of halogens is 3. The molecule has 0 saturated heterocycles. The van der Waals surface area contributed by atoms with Crippen LogP contribution in [0.25, 0.3) is 10.2 Å². The summed E-state index contributed by atoms with van der Waals surface area (Å²) in [4.78, 5) is 18.4. The maximum atomic E-state index is 13.6. The van der Waals surface area contributed by atoms with Crippen LogP contribution in [0.4, 0.5) is 21.5 Å². The van der Waals surface area contributed by atoms with Gasteiger partial charge in [0.15, 0.2) is 0 Å². The summed E-state index contributed by atoms with van der Waals surface area (Å²) in [5, 5.41) is 10.1. The van der Waals surface area contributed by atoms with Gasteiger partial charge in [0.05, 0.1) is 17.1 Å². The van der Waals surface area contributed by atoms with E-state index in [1.165, 1.54) is 29.5 Å². The van der Waals surface area contributed by atoms with Gasteiger partial charge in [-0.2, -0.15) is 5.11 Å². The number of rotatable bonds is 4. The molecule has 0 aliphatic heterocycles. The zero-order valence-electron chi connectivity index (χ0n) is 16.4. The first-order valence-electron chi connectivity index (χ1n) is 9.12. The van der Waals surface area contributed by atoms with Crippen molar-refractivity contribution in [1.29, 1.82) is 0 Å². The van der Waals surface area contributed by atoms with Crippen LogP contribution in [0, 0.1) is 19.7 Å². The third kappa shape index (κ3) is 4.17. The highest BCUT2D eigenvalue weighted by molar-refractivity contribution is 7.21. The quantitative estimate of drug-likeness (QED) is 0.245. The van der Waals surface area contributed by atoms with E-state index in [0.717, 1.165) is 5.56 Å². The Morgan fingerprint density at radius 2 is 1.81 bits per heavy atom. The van der Waals surface area contributed by atoms with Gasteiger partial charge in [-0.1, -0.05) is 35.3 Å². The number of carbonyl (C=O) groups excluding carboxylic acids is 1. The fourth-order valence-electron chi connectivity index (χ4n) is 3.25. The Bertz CT molecular complexity index is 1360. The number of aryl methyl sites for hydroxylation is 2. The van der Waals surface area contributed by atoms with Gasteiger partial charge in [-0.05, 0) is 49.7 Å². The van der Waals surface area contributed by atoms with E-state index in [1.807, 2.05) is 6.92 Å². The van der Waals surface area contributed by atoms with Crippen LogP contribution in [0.1, 0.15) is 26.5 Å². The lowest BCUT2D eigenvalue weighted by molar-refractivity contribution is 0.104. The molecular formula is C22H15Cl2FN4OS. The summed E-state index contributed by atoms with van der Waals surface area (Å²) >= 11 is 13.2. The molecule has 2 aromatic carbocycles. The first kappa shape index (κ1) is 21.4. The number of hydrogen-bond acceptors (Lipinski definition) is 6. The molecule has 0 spiro atoms. The number of anilines is 1. The van der Waals surface area contributed by atoms with Crippen molar-refractivity contribution < 1.29 is 9.18 Å². The molecule has 0 saturated carbocycles. The molecule has 0 fully saturated rings. The van der Waals surface area contributed by atoms with Crippen molar-refractivity contribution in [2.24, 2.45) is 10.2 Å². The highest BCUT2D eigenvalue weighted by Gasteiger charge is 2.22. The van der Waals surface area contributed by atoms with E-state index in [-0.39, 0.29) is 11.3 Å². The lowest BCUT2D eigenvalue weighted by Crippen LogP contribution is -2.02. The molecule has 0 aliphatic carbocycles. The number of nitrogens with two attached hydrogens (primary N) is 1. The monoisotopic (exact) mass is 472 g/mol. The maximum Gasteiger partial charge on any atom is 0.205 e. The number of azo groups is 1. The number of fused-ring (bicyclic) bond motifs is 1. The molecule has 0 atom stereocenters. The molecule has 9 heteroatoms. The van der Waals surface area contributed by atoms with Gasteiger partial charge in [0.1, 0.15) is 21.2 Å². The number of aromatic nitrogens is 1. The average molecular weight is 473 g/mol. The highest BCUT2D eigenvalue weighted by atomic mass is 35.5. The van der Waals surface area contributed by atoms with Crippen LogP contribution in [0.3, 0.4) is 0 Å². The van der Waals surface area contributed by atoms with Gasteiger partial charge in [-0.15, -0.1) is 16.5 Å². The fraction of sp³-hybridized carbons (Fsp3) is 0.0909. The number of nitrogens with zero attached hydrogens (tertiary/aromatic N) is 3. The Kier molecular flexibility index (Phi) is 5.75. The highest BCUT2D eigenvalue weighted by Crippen LogP contribution is 2.41. The Morgan fingerprint density at radius 1 is 1.10 bits per heavy atom. The zero-order chi connectivity index (χ0) is 22.3. The predicted molar refractivity (Wildman–Crippen MR) is 124 cm³/mol. The summed E-state index contributed by atoms with van der Waals surface area (Å²) in [7, 11) is 0. The summed E-state index contributed by atoms with van der Waals surface area (Å²) in [6, 6.07) is 10.4. The van der Waals surface area contributed by atoms with E-state index >= 15 is 0 Å². The minimum Gasteiger partial charge on any atom is -0.397 e. The van der Waals surface area contributed by atoms with E-state index in [1.54, 1.807) is 31.2 Å². The van der Waals surface area contributed by atoms with E-state index in [4.69, 9.17) is 28.9 Å². The van der Waals surface area contributed by atoms with Crippen molar-refractivity contribution in [2.45, 2.75) is 13.8 Å². The van der Waals surface area contributed by atoms with E-state index in [2.05, 4.69) is 15.2 Å². The Balaban J connectivity index is 1.80. The first-order chi connectivity index (χ1) is 14.7. The smallest absolute Gasteiger partial charge is 0.205 e. The molecule has 0 unspecified atom stereocenters. The second kappa shape index (κ2) is 8.34.